The van der Waals surface area contributed by atoms with Gasteiger partial charge in [-0.05, 0) is 31.0 Å². The van der Waals surface area contributed by atoms with Crippen LogP contribution in [-0.4, -0.2) is 54.9 Å². The SMILES string of the molecule is CC(=O)NCC1CN(c2ccc3c(c2)N(C(=O)CO)C(C)C3)C(=O)O1. The summed E-state index contributed by atoms with van der Waals surface area (Å²) in [6.45, 7) is 3.35. The van der Waals surface area contributed by atoms with E-state index in [4.69, 9.17) is 4.74 Å². The highest BCUT2D eigenvalue weighted by atomic mass is 16.6. The third-order valence-corrected chi connectivity index (χ3v) is 4.45. The minimum Gasteiger partial charge on any atom is -0.442 e. The number of aliphatic hydroxyl groups is 1. The van der Waals surface area contributed by atoms with Crippen molar-refractivity contribution in [3.8, 4) is 0 Å². The minimum absolute atomic E-state index is 0.0389. The topological polar surface area (TPSA) is 99.2 Å². The van der Waals surface area contributed by atoms with Gasteiger partial charge in [-0.25, -0.2) is 4.79 Å². The first-order valence-electron chi connectivity index (χ1n) is 8.19. The number of fused-ring (bicyclic) bond motifs is 1. The first-order valence-corrected chi connectivity index (χ1v) is 8.19. The van der Waals surface area contributed by atoms with Crippen LogP contribution >= 0.6 is 0 Å². The van der Waals surface area contributed by atoms with Crippen molar-refractivity contribution in [1.82, 2.24) is 5.32 Å². The largest absolute Gasteiger partial charge is 0.442 e. The van der Waals surface area contributed by atoms with Crippen molar-refractivity contribution in [2.24, 2.45) is 0 Å². The summed E-state index contributed by atoms with van der Waals surface area (Å²) in [6, 6.07) is 5.44. The van der Waals surface area contributed by atoms with Gasteiger partial charge in [-0.15, -0.1) is 0 Å². The summed E-state index contributed by atoms with van der Waals surface area (Å²) in [5.41, 5.74) is 2.33. The number of cyclic esters (lactones) is 1. The number of carbonyl (C=O) groups excluding carboxylic acids is 3. The summed E-state index contributed by atoms with van der Waals surface area (Å²) in [7, 11) is 0. The summed E-state index contributed by atoms with van der Waals surface area (Å²) >= 11 is 0. The quantitative estimate of drug-likeness (QED) is 0.822. The maximum atomic E-state index is 12.1. The molecule has 1 saturated heterocycles. The molecule has 8 nitrogen and oxygen atoms in total. The van der Waals surface area contributed by atoms with Crippen LogP contribution in [0.1, 0.15) is 19.4 Å². The molecular weight excluding hydrogens is 326 g/mol. The summed E-state index contributed by atoms with van der Waals surface area (Å²) in [6.07, 6.45) is -0.197. The second-order valence-corrected chi connectivity index (χ2v) is 6.34. The van der Waals surface area contributed by atoms with Crippen LogP contribution in [0.2, 0.25) is 0 Å². The van der Waals surface area contributed by atoms with Crippen molar-refractivity contribution in [3.63, 3.8) is 0 Å². The van der Waals surface area contributed by atoms with Crippen LogP contribution in [0.3, 0.4) is 0 Å². The van der Waals surface area contributed by atoms with Crippen molar-refractivity contribution < 1.29 is 24.2 Å². The molecule has 2 aliphatic heterocycles. The number of carbonyl (C=O) groups is 3. The van der Waals surface area contributed by atoms with E-state index in [-0.39, 0.29) is 24.4 Å². The zero-order valence-corrected chi connectivity index (χ0v) is 14.2. The molecule has 1 aromatic carbocycles. The fourth-order valence-electron chi connectivity index (χ4n) is 3.32. The molecule has 0 aromatic heterocycles. The van der Waals surface area contributed by atoms with Crippen LogP contribution in [0.25, 0.3) is 0 Å². The lowest BCUT2D eigenvalue weighted by Gasteiger charge is -2.23. The predicted molar refractivity (Wildman–Crippen MR) is 90.5 cm³/mol. The molecule has 8 heteroatoms. The average Bonchev–Trinajstić information content (AvgIpc) is 3.10. The first-order chi connectivity index (χ1) is 11.9. The van der Waals surface area contributed by atoms with Crippen molar-refractivity contribution in [2.75, 3.05) is 29.5 Å². The summed E-state index contributed by atoms with van der Waals surface area (Å²) in [4.78, 5) is 38.2. The number of aliphatic hydroxyl groups excluding tert-OH is 1. The van der Waals surface area contributed by atoms with Crippen molar-refractivity contribution in [1.29, 1.82) is 0 Å². The Morgan fingerprint density at radius 2 is 2.16 bits per heavy atom. The monoisotopic (exact) mass is 347 g/mol. The highest BCUT2D eigenvalue weighted by Crippen LogP contribution is 2.36. The zero-order valence-electron chi connectivity index (χ0n) is 14.2. The molecule has 2 heterocycles. The second-order valence-electron chi connectivity index (χ2n) is 6.34. The molecule has 2 unspecified atom stereocenters. The molecule has 3 rings (SSSR count). The number of nitrogens with one attached hydrogen (secondary N) is 1. The molecule has 1 aromatic rings. The lowest BCUT2D eigenvalue weighted by atomic mass is 10.1. The molecular formula is C17H21N3O5. The Bertz CT molecular complexity index is 720. The Labute approximate surface area is 145 Å². The van der Waals surface area contributed by atoms with E-state index >= 15 is 0 Å². The van der Waals surface area contributed by atoms with Crippen LogP contribution < -0.4 is 15.1 Å². The van der Waals surface area contributed by atoms with Gasteiger partial charge in [-0.2, -0.15) is 0 Å². The second kappa shape index (κ2) is 6.72. The number of ether oxygens (including phenoxy) is 1. The van der Waals surface area contributed by atoms with E-state index in [1.807, 2.05) is 19.1 Å². The lowest BCUT2D eigenvalue weighted by molar-refractivity contribution is -0.121. The fourth-order valence-corrected chi connectivity index (χ4v) is 3.32. The maximum absolute atomic E-state index is 12.1. The number of hydrogen-bond donors (Lipinski definition) is 2. The number of benzene rings is 1. The standard InChI is InChI=1S/C17H21N3O5/c1-10-5-12-3-4-13(6-15(12)20(10)16(23)9-21)19-8-14(25-17(19)24)7-18-11(2)22/h3-4,6,10,14,21H,5,7-9H2,1-2H3,(H,18,22). The van der Waals surface area contributed by atoms with E-state index in [1.165, 1.54) is 11.8 Å². The van der Waals surface area contributed by atoms with E-state index in [2.05, 4.69) is 5.32 Å². The lowest BCUT2D eigenvalue weighted by Crippen LogP contribution is -2.37. The Morgan fingerprint density at radius 3 is 2.84 bits per heavy atom. The normalized spacial score (nSPS) is 22.0. The van der Waals surface area contributed by atoms with Gasteiger partial charge in [0.15, 0.2) is 0 Å². The Balaban J connectivity index is 1.81. The van der Waals surface area contributed by atoms with E-state index in [1.54, 1.807) is 11.0 Å². The summed E-state index contributed by atoms with van der Waals surface area (Å²) in [5, 5.41) is 11.8. The molecule has 2 atom stereocenters. The third kappa shape index (κ3) is 3.30. The molecule has 0 spiro atoms. The number of anilines is 2. The Kier molecular flexibility index (Phi) is 4.63. The molecule has 2 aliphatic rings. The molecule has 1 fully saturated rings. The molecule has 134 valence electrons. The molecule has 2 N–H and O–H groups in total. The zero-order chi connectivity index (χ0) is 18.1. The van der Waals surface area contributed by atoms with Gasteiger partial charge in [-0.3, -0.25) is 14.5 Å². The maximum Gasteiger partial charge on any atom is 0.414 e. The number of nitrogens with zero attached hydrogens (tertiary/aromatic N) is 2. The van der Waals surface area contributed by atoms with Gasteiger partial charge in [0.1, 0.15) is 12.7 Å². The van der Waals surface area contributed by atoms with E-state index < -0.39 is 18.8 Å². The molecule has 3 amide bonds. The summed E-state index contributed by atoms with van der Waals surface area (Å²) in [5.74, 6) is -0.546. The Hall–Kier alpha value is -2.61. The van der Waals surface area contributed by atoms with Crippen LogP contribution in [0.15, 0.2) is 18.2 Å². The highest BCUT2D eigenvalue weighted by molar-refractivity contribution is 5.98. The predicted octanol–water partition coefficient (Wildman–Crippen LogP) is 0.418. The van der Waals surface area contributed by atoms with Crippen molar-refractivity contribution >= 4 is 29.3 Å². The molecule has 0 aliphatic carbocycles. The number of amides is 3. The number of hydrogen-bond acceptors (Lipinski definition) is 5. The van der Waals surface area contributed by atoms with Gasteiger partial charge in [0.25, 0.3) is 5.91 Å². The highest BCUT2D eigenvalue weighted by Gasteiger charge is 2.35. The van der Waals surface area contributed by atoms with Gasteiger partial charge in [0.05, 0.1) is 13.1 Å². The van der Waals surface area contributed by atoms with Crippen molar-refractivity contribution in [3.05, 3.63) is 23.8 Å². The van der Waals surface area contributed by atoms with Gasteiger partial charge in [0.2, 0.25) is 5.91 Å². The van der Waals surface area contributed by atoms with Gasteiger partial charge in [-0.1, -0.05) is 6.07 Å². The van der Waals surface area contributed by atoms with Crippen LogP contribution in [0.5, 0.6) is 0 Å². The van der Waals surface area contributed by atoms with Gasteiger partial charge in [0, 0.05) is 24.3 Å². The van der Waals surface area contributed by atoms with E-state index in [0.717, 1.165) is 5.56 Å². The van der Waals surface area contributed by atoms with Crippen LogP contribution in [0, 0.1) is 0 Å². The molecule has 0 saturated carbocycles. The minimum atomic E-state index is -0.557. The fraction of sp³-hybridized carbons (Fsp3) is 0.471. The molecule has 0 radical (unpaired) electrons. The Morgan fingerprint density at radius 1 is 1.40 bits per heavy atom. The van der Waals surface area contributed by atoms with E-state index in [9.17, 15) is 19.5 Å². The van der Waals surface area contributed by atoms with Crippen LogP contribution in [0.4, 0.5) is 16.2 Å². The third-order valence-electron chi connectivity index (χ3n) is 4.45. The average molecular weight is 347 g/mol. The number of rotatable bonds is 4. The molecule has 25 heavy (non-hydrogen) atoms. The molecule has 0 bridgehead atoms. The smallest absolute Gasteiger partial charge is 0.414 e. The van der Waals surface area contributed by atoms with Crippen LogP contribution in [-0.2, 0) is 20.7 Å². The van der Waals surface area contributed by atoms with Gasteiger partial charge >= 0.3 is 6.09 Å². The summed E-state index contributed by atoms with van der Waals surface area (Å²) < 4.78 is 5.27. The first kappa shape index (κ1) is 17.2. The van der Waals surface area contributed by atoms with E-state index in [0.29, 0.717) is 24.3 Å². The van der Waals surface area contributed by atoms with Gasteiger partial charge < -0.3 is 20.1 Å². The van der Waals surface area contributed by atoms with Crippen molar-refractivity contribution in [2.45, 2.75) is 32.4 Å².